The lowest BCUT2D eigenvalue weighted by molar-refractivity contribution is 0.0925. The Morgan fingerprint density at radius 2 is 1.70 bits per heavy atom. The number of hydrogen-bond acceptors (Lipinski definition) is 3. The summed E-state index contributed by atoms with van der Waals surface area (Å²) in [6.07, 6.45) is 3.64. The van der Waals surface area contributed by atoms with Crippen LogP contribution in [0.2, 0.25) is 0 Å². The number of H-pyrrole nitrogens is 1. The molecule has 0 bridgehead atoms. The summed E-state index contributed by atoms with van der Waals surface area (Å²) >= 11 is 0. The van der Waals surface area contributed by atoms with E-state index < -0.39 is 17.6 Å². The minimum Gasteiger partial charge on any atom is -0.322 e. The van der Waals surface area contributed by atoms with Gasteiger partial charge in [0.05, 0.1) is 22.3 Å². The van der Waals surface area contributed by atoms with Crippen LogP contribution in [0.5, 0.6) is 0 Å². The number of pyridine rings is 1. The molecule has 0 saturated heterocycles. The van der Waals surface area contributed by atoms with Gasteiger partial charge in [0, 0.05) is 10.9 Å². The number of carbonyl (C=O) groups is 2. The largest absolute Gasteiger partial charge is 0.322 e. The summed E-state index contributed by atoms with van der Waals surface area (Å²) < 4.78 is 14.1. The summed E-state index contributed by atoms with van der Waals surface area (Å²) in [5.74, 6) is -1.96. The predicted octanol–water partition coefficient (Wildman–Crippen LogP) is 3.35. The number of benzene rings is 2. The number of aryl methyl sites for hydroxylation is 1. The first kappa shape index (κ1) is 15.9. The molecule has 27 heavy (non-hydrogen) atoms. The number of halogens is 1. The lowest BCUT2D eigenvalue weighted by atomic mass is 9.90. The van der Waals surface area contributed by atoms with E-state index in [1.54, 1.807) is 12.1 Å². The van der Waals surface area contributed by atoms with Gasteiger partial charge in [0.2, 0.25) is 0 Å². The average Bonchev–Trinajstić information content (AvgIpc) is 2.93. The molecule has 1 aliphatic carbocycles. The Balaban J connectivity index is 1.67. The number of nitrogens with zero attached hydrogens (tertiary/aromatic N) is 1. The highest BCUT2D eigenvalue weighted by Crippen LogP contribution is 2.33. The lowest BCUT2D eigenvalue weighted by Crippen LogP contribution is -2.29. The van der Waals surface area contributed by atoms with Crippen molar-refractivity contribution < 1.29 is 14.0 Å². The number of nitrogens with one attached hydrogen (secondary N) is 1. The summed E-state index contributed by atoms with van der Waals surface area (Å²) in [7, 11) is 0. The van der Waals surface area contributed by atoms with Crippen molar-refractivity contribution in [2.45, 2.75) is 25.7 Å². The second-order valence-electron chi connectivity index (χ2n) is 6.96. The molecule has 0 spiro atoms. The van der Waals surface area contributed by atoms with Gasteiger partial charge < -0.3 is 4.98 Å². The Hall–Kier alpha value is -3.28. The fourth-order valence-electron chi connectivity index (χ4n) is 4.17. The summed E-state index contributed by atoms with van der Waals surface area (Å²) in [5, 5.41) is 0.927. The minimum absolute atomic E-state index is 0.0547. The van der Waals surface area contributed by atoms with Crippen molar-refractivity contribution in [2.75, 3.05) is 4.90 Å². The van der Waals surface area contributed by atoms with Gasteiger partial charge in [-0.25, -0.2) is 9.29 Å². The number of imide groups is 1. The molecule has 5 nitrogen and oxygen atoms in total. The third kappa shape index (κ3) is 2.19. The molecule has 0 atom stereocenters. The molecule has 0 saturated carbocycles. The standard InChI is InChI=1S/C21H15FN2O3/c22-16-7-3-6-15-18(16)21(27)24(20(15)26)11-8-9-13-12-4-1-2-5-14(12)19(25)23-17(13)10-11/h3,6-10H,1-2,4-5H2,(H,23,25). The van der Waals surface area contributed by atoms with E-state index in [4.69, 9.17) is 0 Å². The van der Waals surface area contributed by atoms with Crippen molar-refractivity contribution in [2.24, 2.45) is 0 Å². The Labute approximate surface area is 153 Å². The normalized spacial score (nSPS) is 16.0. The highest BCUT2D eigenvalue weighted by Gasteiger charge is 2.39. The number of fused-ring (bicyclic) bond motifs is 4. The second kappa shape index (κ2) is 5.61. The van der Waals surface area contributed by atoms with Gasteiger partial charge in [0.1, 0.15) is 5.82 Å². The zero-order valence-electron chi connectivity index (χ0n) is 14.3. The number of carbonyl (C=O) groups excluding carboxylic acids is 2. The van der Waals surface area contributed by atoms with Crippen LogP contribution in [0.3, 0.4) is 0 Å². The molecule has 1 N–H and O–H groups in total. The zero-order valence-corrected chi connectivity index (χ0v) is 14.3. The average molecular weight is 362 g/mol. The maximum absolute atomic E-state index is 14.1. The number of aromatic amines is 1. The van der Waals surface area contributed by atoms with Crippen LogP contribution < -0.4 is 10.5 Å². The van der Waals surface area contributed by atoms with Crippen LogP contribution in [0, 0.1) is 5.82 Å². The van der Waals surface area contributed by atoms with Crippen molar-refractivity contribution in [3.63, 3.8) is 0 Å². The quantitative estimate of drug-likeness (QED) is 0.675. The number of amides is 2. The van der Waals surface area contributed by atoms with E-state index in [9.17, 15) is 18.8 Å². The molecule has 2 amide bonds. The molecule has 6 heteroatoms. The van der Waals surface area contributed by atoms with Gasteiger partial charge in [0.15, 0.2) is 0 Å². The third-order valence-electron chi connectivity index (χ3n) is 5.44. The van der Waals surface area contributed by atoms with E-state index in [1.165, 1.54) is 12.1 Å². The Morgan fingerprint density at radius 1 is 0.926 bits per heavy atom. The van der Waals surface area contributed by atoms with Crippen molar-refractivity contribution in [3.8, 4) is 0 Å². The van der Waals surface area contributed by atoms with E-state index in [0.717, 1.165) is 53.2 Å². The van der Waals surface area contributed by atoms with Crippen molar-refractivity contribution in [1.82, 2.24) is 4.98 Å². The van der Waals surface area contributed by atoms with E-state index in [1.807, 2.05) is 6.07 Å². The van der Waals surface area contributed by atoms with Crippen LogP contribution >= 0.6 is 0 Å². The Kier molecular flexibility index (Phi) is 3.31. The molecule has 2 heterocycles. The number of rotatable bonds is 1. The molecule has 0 radical (unpaired) electrons. The van der Waals surface area contributed by atoms with Crippen LogP contribution in [0.4, 0.5) is 10.1 Å². The molecule has 5 rings (SSSR count). The summed E-state index contributed by atoms with van der Waals surface area (Å²) in [6, 6.07) is 9.13. The molecule has 2 aliphatic rings. The fraction of sp³-hybridized carbons (Fsp3) is 0.190. The first-order valence-electron chi connectivity index (χ1n) is 8.91. The van der Waals surface area contributed by atoms with Crippen LogP contribution in [0.15, 0.2) is 41.2 Å². The minimum atomic E-state index is -0.711. The third-order valence-corrected chi connectivity index (χ3v) is 5.44. The first-order valence-corrected chi connectivity index (χ1v) is 8.91. The summed E-state index contributed by atoms with van der Waals surface area (Å²) in [5.41, 5.74) is 2.49. The molecule has 1 aliphatic heterocycles. The zero-order chi connectivity index (χ0) is 18.7. The molecular formula is C21H15FN2O3. The molecule has 2 aromatic carbocycles. The van der Waals surface area contributed by atoms with Crippen LogP contribution in [-0.2, 0) is 12.8 Å². The van der Waals surface area contributed by atoms with E-state index >= 15 is 0 Å². The molecule has 134 valence electrons. The van der Waals surface area contributed by atoms with Crippen molar-refractivity contribution >= 4 is 28.4 Å². The van der Waals surface area contributed by atoms with Gasteiger partial charge in [-0.3, -0.25) is 14.4 Å². The smallest absolute Gasteiger partial charge is 0.269 e. The molecule has 1 aromatic heterocycles. The summed E-state index contributed by atoms with van der Waals surface area (Å²) in [4.78, 5) is 41.6. The van der Waals surface area contributed by atoms with E-state index in [-0.39, 0.29) is 16.7 Å². The number of hydrogen-bond donors (Lipinski definition) is 1. The van der Waals surface area contributed by atoms with Gasteiger partial charge in [-0.2, -0.15) is 0 Å². The van der Waals surface area contributed by atoms with E-state index in [2.05, 4.69) is 4.98 Å². The summed E-state index contributed by atoms with van der Waals surface area (Å²) in [6.45, 7) is 0. The number of aromatic nitrogens is 1. The fourth-order valence-corrected chi connectivity index (χ4v) is 4.17. The maximum atomic E-state index is 14.1. The van der Waals surface area contributed by atoms with Gasteiger partial charge in [-0.15, -0.1) is 0 Å². The topological polar surface area (TPSA) is 70.2 Å². The van der Waals surface area contributed by atoms with Gasteiger partial charge in [-0.05, 0) is 55.5 Å². The molecular weight excluding hydrogens is 347 g/mol. The molecule has 3 aromatic rings. The van der Waals surface area contributed by atoms with Gasteiger partial charge in [-0.1, -0.05) is 12.1 Å². The highest BCUT2D eigenvalue weighted by molar-refractivity contribution is 6.34. The van der Waals surface area contributed by atoms with Crippen LogP contribution in [0.1, 0.15) is 44.7 Å². The SMILES string of the molecule is O=C1c2cccc(F)c2C(=O)N1c1ccc2c3c(c(=O)[nH]c2c1)CCCC3. The number of anilines is 1. The molecule has 0 fully saturated rings. The second-order valence-corrected chi connectivity index (χ2v) is 6.96. The maximum Gasteiger partial charge on any atom is 0.269 e. The van der Waals surface area contributed by atoms with Gasteiger partial charge >= 0.3 is 0 Å². The first-order chi connectivity index (χ1) is 13.1. The highest BCUT2D eigenvalue weighted by atomic mass is 19.1. The Bertz CT molecular complexity index is 1210. The van der Waals surface area contributed by atoms with Gasteiger partial charge in [0.25, 0.3) is 17.4 Å². The molecule has 0 unspecified atom stereocenters. The van der Waals surface area contributed by atoms with E-state index in [0.29, 0.717) is 11.2 Å². The Morgan fingerprint density at radius 3 is 2.48 bits per heavy atom. The van der Waals surface area contributed by atoms with Crippen LogP contribution in [-0.4, -0.2) is 16.8 Å². The monoisotopic (exact) mass is 362 g/mol. The predicted molar refractivity (Wildman–Crippen MR) is 98.8 cm³/mol. The van der Waals surface area contributed by atoms with Crippen molar-refractivity contribution in [1.29, 1.82) is 0 Å². The lowest BCUT2D eigenvalue weighted by Gasteiger charge is -2.19. The van der Waals surface area contributed by atoms with Crippen molar-refractivity contribution in [3.05, 3.63) is 74.8 Å². The van der Waals surface area contributed by atoms with Crippen LogP contribution in [0.25, 0.3) is 10.9 Å².